The molecule has 0 bridgehead atoms. The third kappa shape index (κ3) is 75.9. The van der Waals surface area contributed by atoms with Gasteiger partial charge in [0.1, 0.15) is 25.4 Å². The number of carbonyl (C=O) groups is 3. The summed E-state index contributed by atoms with van der Waals surface area (Å²) in [6.45, 7) is 2.31. The molecule has 0 amide bonds. The van der Waals surface area contributed by atoms with Crippen LogP contribution in [0.25, 0.3) is 0 Å². The molecule has 0 rings (SSSR count). The summed E-state index contributed by atoms with van der Waals surface area (Å²) >= 11 is 0. The summed E-state index contributed by atoms with van der Waals surface area (Å²) in [6.07, 6.45) is 94.1. The van der Waals surface area contributed by atoms with E-state index in [2.05, 4.69) is 179 Å². The molecule has 0 saturated carbocycles. The standard InChI is InChI=1S/C83H136O16P2/c1-4-7-10-13-16-19-22-25-28-31-33-35-36-37-38-39-40-42-44-46-48-51-54-57-60-63-66-69-81(86)93-72-78(84)73-95-100(89,90)96-74-79(85)75-97-101(91,92)98-77-80(99-83(88)71-68-65-62-59-56-53-50-45-30-27-24-21-18-15-12-9-6-3)76-94-82(87)70-67-64-61-58-55-52-49-47-43-41-34-32-29-26-23-20-17-14-11-8-5-2/h7,9-10,12,16-21,25-30,33-35,37-38,41,47,49-50,53,59,62,78-80,84-85H,4-6,8,11,13-15,22-24,31-32,36,39-40,42-46,48,51-52,54-58,60-61,63-77H2,1-3H3,(H,89,90)(H,91,92)/b10-7-,12-9-,19-16-,20-17-,21-18-,28-25-,29-26-,30-27-,35-33-,38-37-,41-34-,49-47-,53-50-,62-59-. The number of carbonyl (C=O) groups excluding carboxylic acids is 3. The van der Waals surface area contributed by atoms with Crippen molar-refractivity contribution >= 4 is 33.6 Å². The maximum atomic E-state index is 12.9. The van der Waals surface area contributed by atoms with Crippen LogP contribution >= 0.6 is 15.6 Å². The highest BCUT2D eigenvalue weighted by molar-refractivity contribution is 7.47. The van der Waals surface area contributed by atoms with E-state index in [0.29, 0.717) is 25.7 Å². The van der Waals surface area contributed by atoms with E-state index in [1.54, 1.807) is 0 Å². The smallest absolute Gasteiger partial charge is 0.463 e. The number of phosphoric ester groups is 2. The van der Waals surface area contributed by atoms with Crippen molar-refractivity contribution in [2.45, 2.75) is 296 Å². The molecule has 0 aromatic carbocycles. The Morgan fingerprint density at radius 2 is 0.535 bits per heavy atom. The van der Waals surface area contributed by atoms with Crippen molar-refractivity contribution in [3.8, 4) is 0 Å². The van der Waals surface area contributed by atoms with Crippen molar-refractivity contribution in [2.75, 3.05) is 39.6 Å². The minimum atomic E-state index is -4.96. The minimum absolute atomic E-state index is 0.0158. The molecule has 0 heterocycles. The number of ether oxygens (including phenoxy) is 3. The van der Waals surface area contributed by atoms with Gasteiger partial charge in [-0.25, -0.2) is 9.13 Å². The summed E-state index contributed by atoms with van der Waals surface area (Å²) in [5, 5.41) is 20.6. The highest BCUT2D eigenvalue weighted by atomic mass is 31.2. The molecule has 18 heteroatoms. The molecule has 16 nitrogen and oxygen atoms in total. The highest BCUT2D eigenvalue weighted by Gasteiger charge is 2.29. The van der Waals surface area contributed by atoms with Crippen LogP contribution in [0.3, 0.4) is 0 Å². The van der Waals surface area contributed by atoms with Gasteiger partial charge < -0.3 is 34.2 Å². The summed E-state index contributed by atoms with van der Waals surface area (Å²) < 4.78 is 61.0. The van der Waals surface area contributed by atoms with Crippen LogP contribution < -0.4 is 0 Å². The van der Waals surface area contributed by atoms with E-state index in [1.165, 1.54) is 57.8 Å². The summed E-state index contributed by atoms with van der Waals surface area (Å²) in [5.74, 6) is -1.68. The van der Waals surface area contributed by atoms with Crippen molar-refractivity contribution in [1.82, 2.24) is 0 Å². The van der Waals surface area contributed by atoms with Crippen LogP contribution in [0.2, 0.25) is 0 Å². The zero-order valence-corrected chi connectivity index (χ0v) is 64.3. The van der Waals surface area contributed by atoms with Gasteiger partial charge in [0.05, 0.1) is 26.4 Å². The predicted octanol–water partition coefficient (Wildman–Crippen LogP) is 22.4. The first-order valence-electron chi connectivity index (χ1n) is 38.4. The monoisotopic (exact) mass is 1450 g/mol. The molecule has 0 aliphatic carbocycles. The van der Waals surface area contributed by atoms with E-state index in [-0.39, 0.29) is 19.3 Å². The van der Waals surface area contributed by atoms with E-state index in [9.17, 15) is 43.5 Å². The number of phosphoric acid groups is 2. The number of hydrogen-bond acceptors (Lipinski definition) is 14. The van der Waals surface area contributed by atoms with Crippen LogP contribution in [0.5, 0.6) is 0 Å². The highest BCUT2D eigenvalue weighted by Crippen LogP contribution is 2.45. The Hall–Kier alpha value is -5.09. The third-order valence-corrected chi connectivity index (χ3v) is 17.3. The van der Waals surface area contributed by atoms with Gasteiger partial charge in [-0.1, -0.05) is 281 Å². The van der Waals surface area contributed by atoms with Gasteiger partial charge in [0.15, 0.2) is 6.10 Å². The SMILES string of the molecule is CC/C=C\C/C=C\C/C=C\C/C=C\C/C=C\CCCCCCCCCCCCCC(=O)OCC(O)COP(=O)(O)OCC(O)COP(=O)(O)OCC(COC(=O)CCCCCCC/C=C\C/C=C\C/C=C\C/C=C\CCCCC)OC(=O)CCC/C=C\C/C=C\C/C=C\C/C=C\C/C=C\CC. The van der Waals surface area contributed by atoms with Crippen molar-refractivity contribution < 1.29 is 75.8 Å². The lowest BCUT2D eigenvalue weighted by Crippen LogP contribution is -2.30. The Morgan fingerprint density at radius 3 is 0.861 bits per heavy atom. The number of rotatable bonds is 71. The van der Waals surface area contributed by atoms with Gasteiger partial charge in [-0.15, -0.1) is 0 Å². The Morgan fingerprint density at radius 1 is 0.287 bits per heavy atom. The molecule has 0 fully saturated rings. The van der Waals surface area contributed by atoms with Gasteiger partial charge in [-0.3, -0.25) is 32.5 Å². The first-order chi connectivity index (χ1) is 49.2. The fourth-order valence-corrected chi connectivity index (χ4v) is 11.2. The zero-order chi connectivity index (χ0) is 73.7. The molecule has 0 radical (unpaired) electrons. The summed E-state index contributed by atoms with van der Waals surface area (Å²) in [4.78, 5) is 58.6. The van der Waals surface area contributed by atoms with Crippen LogP contribution in [0, 0.1) is 0 Å². The number of esters is 3. The van der Waals surface area contributed by atoms with Crippen LogP contribution in [0.1, 0.15) is 278 Å². The molecule has 0 aliphatic rings. The Kier molecular flexibility index (Phi) is 70.9. The molecule has 574 valence electrons. The molecule has 0 aromatic heterocycles. The Balaban J connectivity index is 4.67. The van der Waals surface area contributed by atoms with Crippen molar-refractivity contribution in [3.05, 3.63) is 170 Å². The van der Waals surface area contributed by atoms with E-state index >= 15 is 0 Å². The number of aliphatic hydroxyl groups is 2. The summed E-state index contributed by atoms with van der Waals surface area (Å²) in [7, 11) is -9.83. The Bertz CT molecular complexity index is 2520. The molecule has 0 aliphatic heterocycles. The first-order valence-corrected chi connectivity index (χ1v) is 41.4. The van der Waals surface area contributed by atoms with E-state index in [4.69, 9.17) is 32.3 Å². The van der Waals surface area contributed by atoms with Crippen LogP contribution in [-0.4, -0.2) is 95.9 Å². The molecule has 101 heavy (non-hydrogen) atoms. The van der Waals surface area contributed by atoms with Crippen molar-refractivity contribution in [1.29, 1.82) is 0 Å². The fraction of sp³-hybridized carbons (Fsp3) is 0.627. The average Bonchev–Trinajstić information content (AvgIpc) is 0.974. The van der Waals surface area contributed by atoms with Gasteiger partial charge in [0.25, 0.3) is 0 Å². The van der Waals surface area contributed by atoms with Gasteiger partial charge in [0.2, 0.25) is 0 Å². The summed E-state index contributed by atoms with van der Waals surface area (Å²) in [5.41, 5.74) is 0. The topological polar surface area (TPSA) is 231 Å². The molecule has 5 atom stereocenters. The number of unbranched alkanes of at least 4 members (excludes halogenated alkanes) is 20. The Labute approximate surface area is 612 Å². The second kappa shape index (κ2) is 74.6. The molecule has 4 N–H and O–H groups in total. The number of aliphatic hydroxyl groups excluding tert-OH is 2. The largest absolute Gasteiger partial charge is 0.472 e. The average molecular weight is 1450 g/mol. The third-order valence-electron chi connectivity index (χ3n) is 15.4. The second-order valence-electron chi connectivity index (χ2n) is 25.0. The molecule has 0 aromatic rings. The van der Waals surface area contributed by atoms with Crippen LogP contribution in [0.4, 0.5) is 0 Å². The van der Waals surface area contributed by atoms with E-state index < -0.39 is 91.5 Å². The molecule has 0 spiro atoms. The van der Waals surface area contributed by atoms with Gasteiger partial charge in [-0.2, -0.15) is 0 Å². The number of allylic oxidation sites excluding steroid dienone is 28. The van der Waals surface area contributed by atoms with Gasteiger partial charge >= 0.3 is 33.6 Å². The lowest BCUT2D eigenvalue weighted by atomic mass is 10.0. The second-order valence-corrected chi connectivity index (χ2v) is 27.9. The van der Waals surface area contributed by atoms with Crippen molar-refractivity contribution in [2.24, 2.45) is 0 Å². The van der Waals surface area contributed by atoms with Gasteiger partial charge in [0, 0.05) is 19.3 Å². The molecular formula is C83H136O16P2. The van der Waals surface area contributed by atoms with Crippen LogP contribution in [0.15, 0.2) is 170 Å². The summed E-state index contributed by atoms with van der Waals surface area (Å²) in [6, 6.07) is 0. The molecular weight excluding hydrogens is 1310 g/mol. The van der Waals surface area contributed by atoms with Gasteiger partial charge in [-0.05, 0) is 148 Å². The quantitative estimate of drug-likeness (QED) is 0.0146. The fourth-order valence-electron chi connectivity index (χ4n) is 9.62. The zero-order valence-electron chi connectivity index (χ0n) is 62.5. The predicted molar refractivity (Wildman–Crippen MR) is 417 cm³/mol. The number of hydrogen-bond donors (Lipinski definition) is 4. The molecule has 5 unspecified atom stereocenters. The first kappa shape index (κ1) is 95.9. The van der Waals surface area contributed by atoms with E-state index in [0.717, 1.165) is 154 Å². The normalized spacial score (nSPS) is 15.0. The maximum Gasteiger partial charge on any atom is 0.472 e. The van der Waals surface area contributed by atoms with Crippen LogP contribution in [-0.2, 0) is 55.8 Å². The lowest BCUT2D eigenvalue weighted by Gasteiger charge is -2.21. The molecule has 0 saturated heterocycles. The van der Waals surface area contributed by atoms with Crippen molar-refractivity contribution in [3.63, 3.8) is 0 Å². The lowest BCUT2D eigenvalue weighted by molar-refractivity contribution is -0.161. The maximum absolute atomic E-state index is 12.9. The minimum Gasteiger partial charge on any atom is -0.463 e. The van der Waals surface area contributed by atoms with E-state index in [1.807, 2.05) is 12.2 Å².